The minimum Gasteiger partial charge on any atom is -0.344 e. The number of aromatic nitrogens is 1. The molecule has 2 saturated heterocycles. The zero-order chi connectivity index (χ0) is 21.3. The molecule has 0 unspecified atom stereocenters. The Bertz CT molecular complexity index is 1000. The summed E-state index contributed by atoms with van der Waals surface area (Å²) in [4.78, 5) is 14.4. The minimum absolute atomic E-state index is 0.0300. The summed E-state index contributed by atoms with van der Waals surface area (Å²) in [6, 6.07) is 12.6. The summed E-state index contributed by atoms with van der Waals surface area (Å²) in [5.74, 6) is 1.34. The van der Waals surface area contributed by atoms with Crippen molar-refractivity contribution in [3.63, 3.8) is 0 Å². The Morgan fingerprint density at radius 3 is 2.43 bits per heavy atom. The molecule has 2 aliphatic heterocycles. The third-order valence-electron chi connectivity index (χ3n) is 6.95. The van der Waals surface area contributed by atoms with Crippen molar-refractivity contribution in [3.8, 4) is 0 Å². The molecule has 0 amide bonds. The molecule has 0 radical (unpaired) electrons. The molecule has 5 nitrogen and oxygen atoms in total. The van der Waals surface area contributed by atoms with Crippen LogP contribution < -0.4 is 4.90 Å². The molecule has 0 saturated carbocycles. The highest BCUT2D eigenvalue weighted by molar-refractivity contribution is 7.91. The first-order valence-electron chi connectivity index (χ1n) is 11.1. The molecule has 0 bridgehead atoms. The van der Waals surface area contributed by atoms with E-state index in [1.54, 1.807) is 0 Å². The number of nitrogens with one attached hydrogen (secondary N) is 1. The molecular formula is C24H33N2O3S+. The summed E-state index contributed by atoms with van der Waals surface area (Å²) in [5.41, 5.74) is 4.10. The molecule has 0 spiro atoms. The van der Waals surface area contributed by atoms with E-state index in [1.807, 2.05) is 19.9 Å². The number of hydrogen-bond donors (Lipinski definition) is 1. The quantitative estimate of drug-likeness (QED) is 0.716. The average molecular weight is 430 g/mol. The molecule has 30 heavy (non-hydrogen) atoms. The van der Waals surface area contributed by atoms with E-state index in [0.717, 1.165) is 49.3 Å². The van der Waals surface area contributed by atoms with Gasteiger partial charge in [0.15, 0.2) is 9.84 Å². The van der Waals surface area contributed by atoms with Crippen molar-refractivity contribution in [2.24, 2.45) is 5.92 Å². The van der Waals surface area contributed by atoms with Gasteiger partial charge < -0.3 is 9.47 Å². The standard InChI is InChI=1S/C24H32N2O3S/c1-18-14-23(19(2)26(18)22-10-13-30(28,29)17-22)24(27)16-25-11-8-21(9-12-25)15-20-6-4-3-5-7-20/h3-7,14,21-22H,8-13,15-17H2,1-2H3/p+1/t22-/m1/s1. The van der Waals surface area contributed by atoms with E-state index in [4.69, 9.17) is 0 Å². The molecule has 162 valence electrons. The van der Waals surface area contributed by atoms with Gasteiger partial charge >= 0.3 is 0 Å². The molecule has 2 aromatic rings. The van der Waals surface area contributed by atoms with Crippen LogP contribution in [0.25, 0.3) is 0 Å². The van der Waals surface area contributed by atoms with Gasteiger partial charge in [-0.1, -0.05) is 30.3 Å². The zero-order valence-corrected chi connectivity index (χ0v) is 18.9. The fraction of sp³-hybridized carbons (Fsp3) is 0.542. The lowest BCUT2D eigenvalue weighted by atomic mass is 9.90. The Morgan fingerprint density at radius 1 is 1.10 bits per heavy atom. The first kappa shape index (κ1) is 21.3. The lowest BCUT2D eigenvalue weighted by Crippen LogP contribution is -3.14. The Morgan fingerprint density at radius 2 is 1.80 bits per heavy atom. The second kappa shape index (κ2) is 8.67. The third kappa shape index (κ3) is 4.70. The van der Waals surface area contributed by atoms with Gasteiger partial charge in [-0.25, -0.2) is 8.42 Å². The van der Waals surface area contributed by atoms with E-state index in [-0.39, 0.29) is 23.3 Å². The van der Waals surface area contributed by atoms with E-state index in [1.165, 1.54) is 10.5 Å². The zero-order valence-electron chi connectivity index (χ0n) is 18.1. The van der Waals surface area contributed by atoms with Crippen LogP contribution >= 0.6 is 0 Å². The summed E-state index contributed by atoms with van der Waals surface area (Å²) >= 11 is 0. The summed E-state index contributed by atoms with van der Waals surface area (Å²) in [7, 11) is -2.95. The van der Waals surface area contributed by atoms with Gasteiger partial charge in [0.25, 0.3) is 0 Å². The van der Waals surface area contributed by atoms with Crippen molar-refractivity contribution in [3.05, 3.63) is 58.9 Å². The monoisotopic (exact) mass is 429 g/mol. The van der Waals surface area contributed by atoms with Crippen molar-refractivity contribution in [1.29, 1.82) is 0 Å². The fourth-order valence-electron chi connectivity index (χ4n) is 5.34. The van der Waals surface area contributed by atoms with E-state index in [0.29, 0.717) is 18.9 Å². The first-order chi connectivity index (χ1) is 14.3. The van der Waals surface area contributed by atoms with Crippen LogP contribution in [0.1, 0.15) is 52.6 Å². The Balaban J connectivity index is 1.35. The molecule has 2 fully saturated rings. The number of quaternary nitrogens is 1. The van der Waals surface area contributed by atoms with Crippen LogP contribution in [-0.2, 0) is 16.3 Å². The Hall–Kier alpha value is -1.92. The van der Waals surface area contributed by atoms with Crippen LogP contribution in [0.4, 0.5) is 0 Å². The van der Waals surface area contributed by atoms with Gasteiger partial charge in [-0.2, -0.15) is 0 Å². The molecule has 6 heteroatoms. The van der Waals surface area contributed by atoms with Crippen LogP contribution in [-0.4, -0.2) is 49.9 Å². The van der Waals surface area contributed by atoms with E-state index < -0.39 is 9.84 Å². The second-order valence-corrected chi connectivity index (χ2v) is 11.4. The highest BCUT2D eigenvalue weighted by atomic mass is 32.2. The van der Waals surface area contributed by atoms with Crippen molar-refractivity contribution >= 4 is 15.6 Å². The average Bonchev–Trinajstić information content (AvgIpc) is 3.22. The molecular weight excluding hydrogens is 396 g/mol. The number of carbonyl (C=O) groups excluding carboxylic acids is 1. The van der Waals surface area contributed by atoms with Crippen LogP contribution in [0.3, 0.4) is 0 Å². The van der Waals surface area contributed by atoms with E-state index >= 15 is 0 Å². The molecule has 2 aliphatic rings. The topological polar surface area (TPSA) is 60.6 Å². The van der Waals surface area contributed by atoms with Gasteiger partial charge in [0.2, 0.25) is 5.78 Å². The lowest BCUT2D eigenvalue weighted by molar-refractivity contribution is -0.897. The number of benzene rings is 1. The van der Waals surface area contributed by atoms with Gasteiger partial charge in [0.05, 0.1) is 24.6 Å². The van der Waals surface area contributed by atoms with Crippen molar-refractivity contribution in [2.45, 2.75) is 45.6 Å². The van der Waals surface area contributed by atoms with Crippen LogP contribution in [0, 0.1) is 19.8 Å². The number of hydrogen-bond acceptors (Lipinski definition) is 3. The maximum atomic E-state index is 13.1. The molecule has 4 rings (SSSR count). The molecule has 1 aromatic heterocycles. The van der Waals surface area contributed by atoms with E-state index in [9.17, 15) is 13.2 Å². The van der Waals surface area contributed by atoms with Crippen LogP contribution in [0.15, 0.2) is 36.4 Å². The Labute approximate surface area is 180 Å². The number of rotatable bonds is 6. The highest BCUT2D eigenvalue weighted by Gasteiger charge is 2.32. The number of aryl methyl sites for hydroxylation is 1. The number of likely N-dealkylation sites (tertiary alicyclic amines) is 1. The summed E-state index contributed by atoms with van der Waals surface area (Å²) < 4.78 is 25.9. The van der Waals surface area contributed by atoms with Crippen LogP contribution in [0.2, 0.25) is 0 Å². The predicted molar refractivity (Wildman–Crippen MR) is 119 cm³/mol. The van der Waals surface area contributed by atoms with Crippen molar-refractivity contribution < 1.29 is 18.1 Å². The predicted octanol–water partition coefficient (Wildman–Crippen LogP) is 2.18. The Kier molecular flexibility index (Phi) is 6.16. The maximum Gasteiger partial charge on any atom is 0.218 e. The van der Waals surface area contributed by atoms with Gasteiger partial charge in [0, 0.05) is 23.0 Å². The van der Waals surface area contributed by atoms with Crippen molar-refractivity contribution in [1.82, 2.24) is 4.57 Å². The third-order valence-corrected chi connectivity index (χ3v) is 8.70. The summed E-state index contributed by atoms with van der Waals surface area (Å²) in [6.45, 7) is 6.57. The SMILES string of the molecule is Cc1cc(C(=O)C[NH+]2CCC(Cc3ccccc3)CC2)c(C)n1[C@@H]1CCS(=O)(=O)C1. The molecule has 1 atom stereocenters. The normalized spacial score (nSPS) is 26.0. The van der Waals surface area contributed by atoms with Crippen molar-refractivity contribution in [2.75, 3.05) is 31.1 Å². The number of carbonyl (C=O) groups is 1. The number of sulfone groups is 1. The smallest absolute Gasteiger partial charge is 0.218 e. The van der Waals surface area contributed by atoms with Gasteiger partial charge in [-0.05, 0) is 57.1 Å². The molecule has 3 heterocycles. The van der Waals surface area contributed by atoms with Gasteiger partial charge in [-0.15, -0.1) is 0 Å². The molecule has 0 aliphatic carbocycles. The van der Waals surface area contributed by atoms with E-state index in [2.05, 4.69) is 34.9 Å². The largest absolute Gasteiger partial charge is 0.344 e. The summed E-state index contributed by atoms with van der Waals surface area (Å²) in [6.07, 6.45) is 4.10. The minimum atomic E-state index is -2.95. The number of Topliss-reactive ketones (excluding diaryl/α,β-unsaturated/α-hetero) is 1. The second-order valence-electron chi connectivity index (χ2n) is 9.19. The molecule has 1 N–H and O–H groups in total. The first-order valence-corrected chi connectivity index (χ1v) is 12.9. The van der Waals surface area contributed by atoms with Gasteiger partial charge in [0.1, 0.15) is 6.54 Å². The molecule has 1 aromatic carbocycles. The van der Waals surface area contributed by atoms with Gasteiger partial charge in [-0.3, -0.25) is 4.79 Å². The fourth-order valence-corrected chi connectivity index (χ4v) is 7.04. The number of ketones is 1. The number of nitrogens with zero attached hydrogens (tertiary/aromatic N) is 1. The lowest BCUT2D eigenvalue weighted by Gasteiger charge is -2.29. The highest BCUT2D eigenvalue weighted by Crippen LogP contribution is 2.29. The maximum absolute atomic E-state index is 13.1. The summed E-state index contributed by atoms with van der Waals surface area (Å²) in [5, 5.41) is 0. The van der Waals surface area contributed by atoms with Crippen LogP contribution in [0.5, 0.6) is 0 Å². The number of piperidine rings is 1.